The van der Waals surface area contributed by atoms with Crippen LogP contribution in [-0.2, 0) is 4.79 Å². The van der Waals surface area contributed by atoms with Crippen LogP contribution in [0.1, 0.15) is 11.1 Å². The molecular weight excluding hydrogens is 386 g/mol. The van der Waals surface area contributed by atoms with Crippen molar-refractivity contribution in [1.82, 2.24) is 9.97 Å². The molecule has 0 aliphatic rings. The fraction of sp³-hybridized carbons (Fsp3) is 0.130. The molecule has 0 aliphatic heterocycles. The fourth-order valence-electron chi connectivity index (χ4n) is 3.17. The number of nitrogens with zero attached hydrogens (tertiary/aromatic N) is 1. The Morgan fingerprint density at radius 3 is 2.59 bits per heavy atom. The van der Waals surface area contributed by atoms with E-state index in [1.807, 2.05) is 74.5 Å². The summed E-state index contributed by atoms with van der Waals surface area (Å²) in [5.74, 6) is 1.14. The zero-order valence-electron chi connectivity index (χ0n) is 16.1. The molecule has 29 heavy (non-hydrogen) atoms. The average molecular weight is 406 g/mol. The summed E-state index contributed by atoms with van der Waals surface area (Å²) in [5, 5.41) is 3.58. The minimum absolute atomic E-state index is 0.0879. The molecule has 3 aromatic carbocycles. The summed E-state index contributed by atoms with van der Waals surface area (Å²) < 4.78 is 5.62. The lowest BCUT2D eigenvalue weighted by atomic mass is 10.1. The quantitative estimate of drug-likeness (QED) is 0.459. The zero-order valence-corrected chi connectivity index (χ0v) is 16.9. The molecular formula is C23H20ClN3O2. The van der Waals surface area contributed by atoms with Crippen molar-refractivity contribution < 1.29 is 9.53 Å². The van der Waals surface area contributed by atoms with Crippen molar-refractivity contribution in [3.8, 4) is 17.1 Å². The summed E-state index contributed by atoms with van der Waals surface area (Å²) in [7, 11) is 0. The highest BCUT2D eigenvalue weighted by Crippen LogP contribution is 2.26. The number of amides is 1. The molecule has 4 aromatic rings. The van der Waals surface area contributed by atoms with Crippen LogP contribution >= 0.6 is 11.6 Å². The number of halogens is 1. The number of fused-ring (bicyclic) bond motifs is 1. The summed E-state index contributed by atoms with van der Waals surface area (Å²) in [6, 6.07) is 19.0. The maximum absolute atomic E-state index is 12.3. The maximum atomic E-state index is 12.3. The van der Waals surface area contributed by atoms with Gasteiger partial charge in [-0.1, -0.05) is 35.9 Å². The number of carbonyl (C=O) groups is 1. The van der Waals surface area contributed by atoms with E-state index < -0.39 is 0 Å². The molecule has 4 rings (SSSR count). The van der Waals surface area contributed by atoms with Crippen molar-refractivity contribution in [2.75, 3.05) is 11.9 Å². The van der Waals surface area contributed by atoms with Crippen LogP contribution < -0.4 is 10.1 Å². The highest BCUT2D eigenvalue weighted by Gasteiger charge is 2.09. The second kappa shape index (κ2) is 7.97. The third kappa shape index (κ3) is 4.25. The van der Waals surface area contributed by atoms with Crippen LogP contribution in [0.25, 0.3) is 22.4 Å². The number of nitrogens with one attached hydrogen (secondary N) is 2. The first-order valence-electron chi connectivity index (χ1n) is 9.24. The lowest BCUT2D eigenvalue weighted by Crippen LogP contribution is -2.20. The third-order valence-electron chi connectivity index (χ3n) is 4.59. The average Bonchev–Trinajstić information content (AvgIpc) is 3.15. The van der Waals surface area contributed by atoms with Crippen LogP contribution in [-0.4, -0.2) is 22.5 Å². The monoisotopic (exact) mass is 405 g/mol. The molecule has 0 radical (unpaired) electrons. The number of imidazole rings is 1. The lowest BCUT2D eigenvalue weighted by Gasteiger charge is -2.11. The number of ether oxygens (including phenoxy) is 1. The number of rotatable bonds is 5. The van der Waals surface area contributed by atoms with Crippen molar-refractivity contribution in [2.45, 2.75) is 13.8 Å². The van der Waals surface area contributed by atoms with Crippen LogP contribution in [0.5, 0.6) is 5.75 Å². The van der Waals surface area contributed by atoms with Crippen molar-refractivity contribution in [2.24, 2.45) is 0 Å². The predicted octanol–water partition coefficient (Wildman–Crippen LogP) is 5.52. The fourth-order valence-corrected chi connectivity index (χ4v) is 3.28. The minimum Gasteiger partial charge on any atom is -0.484 e. The first-order chi connectivity index (χ1) is 14.0. The molecule has 0 atom stereocenters. The lowest BCUT2D eigenvalue weighted by molar-refractivity contribution is -0.118. The van der Waals surface area contributed by atoms with Crippen molar-refractivity contribution >= 4 is 34.2 Å². The Morgan fingerprint density at radius 1 is 1.07 bits per heavy atom. The molecule has 1 amide bonds. The first-order valence-corrected chi connectivity index (χ1v) is 9.62. The molecule has 146 valence electrons. The van der Waals surface area contributed by atoms with Gasteiger partial charge in [-0.2, -0.15) is 0 Å². The highest BCUT2D eigenvalue weighted by molar-refractivity contribution is 6.32. The van der Waals surface area contributed by atoms with E-state index in [1.54, 1.807) is 0 Å². The molecule has 6 heteroatoms. The van der Waals surface area contributed by atoms with Crippen LogP contribution in [0.2, 0.25) is 5.02 Å². The Kier molecular flexibility index (Phi) is 5.23. The second-order valence-electron chi connectivity index (χ2n) is 6.89. The Bertz CT molecular complexity index is 1140. The SMILES string of the molecule is Cc1cc(OCC(=O)Nc2cccc(-c3nc4ccccc4[nH]3)c2)cc(C)c1Cl. The normalized spacial score (nSPS) is 10.9. The molecule has 0 aliphatic carbocycles. The Balaban J connectivity index is 1.44. The van der Waals surface area contributed by atoms with E-state index >= 15 is 0 Å². The largest absolute Gasteiger partial charge is 0.484 e. The second-order valence-corrected chi connectivity index (χ2v) is 7.27. The van der Waals surface area contributed by atoms with Gasteiger partial charge in [0.05, 0.1) is 11.0 Å². The van der Waals surface area contributed by atoms with Gasteiger partial charge < -0.3 is 15.0 Å². The van der Waals surface area contributed by atoms with Gasteiger partial charge in [-0.3, -0.25) is 4.79 Å². The molecule has 1 aromatic heterocycles. The zero-order chi connectivity index (χ0) is 20.4. The number of aryl methyl sites for hydroxylation is 2. The number of H-pyrrole nitrogens is 1. The summed E-state index contributed by atoms with van der Waals surface area (Å²) in [4.78, 5) is 20.2. The van der Waals surface area contributed by atoms with E-state index in [1.165, 1.54) is 0 Å². The molecule has 0 saturated heterocycles. The van der Waals surface area contributed by atoms with Crippen molar-refractivity contribution in [1.29, 1.82) is 0 Å². The Morgan fingerprint density at radius 2 is 1.83 bits per heavy atom. The summed E-state index contributed by atoms with van der Waals surface area (Å²) in [5.41, 5.74) is 5.28. The molecule has 0 spiro atoms. The number of benzene rings is 3. The van der Waals surface area contributed by atoms with E-state index in [0.29, 0.717) is 16.5 Å². The van der Waals surface area contributed by atoms with Gasteiger partial charge in [0.25, 0.3) is 5.91 Å². The number of para-hydroxylation sites is 2. The van der Waals surface area contributed by atoms with Crippen LogP contribution in [0.4, 0.5) is 5.69 Å². The first kappa shape index (κ1) is 19.0. The Labute approximate surface area is 173 Å². The number of hydrogen-bond acceptors (Lipinski definition) is 3. The third-order valence-corrected chi connectivity index (χ3v) is 5.19. The Hall–Kier alpha value is -3.31. The van der Waals surface area contributed by atoms with Crippen molar-refractivity contribution in [3.05, 3.63) is 76.8 Å². The van der Waals surface area contributed by atoms with E-state index in [-0.39, 0.29) is 12.5 Å². The van der Waals surface area contributed by atoms with Gasteiger partial charge in [-0.25, -0.2) is 4.98 Å². The molecule has 0 bridgehead atoms. The van der Waals surface area contributed by atoms with Gasteiger partial charge in [-0.15, -0.1) is 0 Å². The van der Waals surface area contributed by atoms with Crippen LogP contribution in [0.15, 0.2) is 60.7 Å². The standard InChI is InChI=1S/C23H20ClN3O2/c1-14-10-18(11-15(2)22(14)24)29-13-21(28)25-17-7-5-6-16(12-17)23-26-19-8-3-4-9-20(19)27-23/h3-12H,13H2,1-2H3,(H,25,28)(H,26,27). The van der Waals surface area contributed by atoms with E-state index in [2.05, 4.69) is 15.3 Å². The predicted molar refractivity (Wildman–Crippen MR) is 117 cm³/mol. The van der Waals surface area contributed by atoms with E-state index in [4.69, 9.17) is 16.3 Å². The summed E-state index contributed by atoms with van der Waals surface area (Å²) in [6.45, 7) is 3.73. The highest BCUT2D eigenvalue weighted by atomic mass is 35.5. The molecule has 0 fully saturated rings. The van der Waals surface area contributed by atoms with Crippen LogP contribution in [0, 0.1) is 13.8 Å². The molecule has 0 saturated carbocycles. The van der Waals surface area contributed by atoms with Gasteiger partial charge in [0, 0.05) is 16.3 Å². The minimum atomic E-state index is -0.239. The van der Waals surface area contributed by atoms with Crippen LogP contribution in [0.3, 0.4) is 0 Å². The smallest absolute Gasteiger partial charge is 0.262 e. The molecule has 0 unspecified atom stereocenters. The topological polar surface area (TPSA) is 67.0 Å². The van der Waals surface area contributed by atoms with Gasteiger partial charge in [0.2, 0.25) is 0 Å². The number of carbonyl (C=O) groups excluding carboxylic acids is 1. The molecule has 2 N–H and O–H groups in total. The number of aromatic amines is 1. The van der Waals surface area contributed by atoms with Crippen molar-refractivity contribution in [3.63, 3.8) is 0 Å². The summed E-state index contributed by atoms with van der Waals surface area (Å²) in [6.07, 6.45) is 0. The summed E-state index contributed by atoms with van der Waals surface area (Å²) >= 11 is 6.17. The van der Waals surface area contributed by atoms with Gasteiger partial charge in [-0.05, 0) is 61.4 Å². The number of hydrogen-bond donors (Lipinski definition) is 2. The number of anilines is 1. The molecule has 5 nitrogen and oxygen atoms in total. The van der Waals surface area contributed by atoms with E-state index in [9.17, 15) is 4.79 Å². The van der Waals surface area contributed by atoms with Gasteiger partial charge in [0.1, 0.15) is 11.6 Å². The van der Waals surface area contributed by atoms with Gasteiger partial charge in [0.15, 0.2) is 6.61 Å². The maximum Gasteiger partial charge on any atom is 0.262 e. The van der Waals surface area contributed by atoms with Gasteiger partial charge >= 0.3 is 0 Å². The molecule has 1 heterocycles. The number of aromatic nitrogens is 2. The van der Waals surface area contributed by atoms with E-state index in [0.717, 1.165) is 33.5 Å².